The third-order valence-corrected chi connectivity index (χ3v) is 3.98. The zero-order valence-corrected chi connectivity index (χ0v) is 12.9. The molecular weight excluding hydrogens is 268 g/mol. The fraction of sp³-hybridized carbons (Fsp3) is 0.500. The summed E-state index contributed by atoms with van der Waals surface area (Å²) >= 11 is 0. The second-order valence-electron chi connectivity index (χ2n) is 5.76. The van der Waals surface area contributed by atoms with E-state index in [2.05, 4.69) is 10.9 Å². The van der Waals surface area contributed by atoms with Crippen LogP contribution in [0.15, 0.2) is 18.2 Å². The molecule has 2 rings (SSSR count). The van der Waals surface area contributed by atoms with Gasteiger partial charge in [0.2, 0.25) is 5.91 Å². The van der Waals surface area contributed by atoms with Crippen molar-refractivity contribution in [1.29, 1.82) is 0 Å². The minimum Gasteiger partial charge on any atom is -0.481 e. The van der Waals surface area contributed by atoms with Crippen LogP contribution >= 0.6 is 0 Å². The van der Waals surface area contributed by atoms with Gasteiger partial charge in [-0.15, -0.1) is 0 Å². The van der Waals surface area contributed by atoms with E-state index in [1.165, 1.54) is 0 Å². The molecule has 1 aromatic carbocycles. The molecule has 0 spiro atoms. The molecule has 2 N–H and O–H groups in total. The van der Waals surface area contributed by atoms with Gasteiger partial charge in [-0.05, 0) is 50.3 Å². The van der Waals surface area contributed by atoms with Crippen LogP contribution in [0.2, 0.25) is 0 Å². The van der Waals surface area contributed by atoms with Gasteiger partial charge in [0.05, 0.1) is 0 Å². The predicted octanol–water partition coefficient (Wildman–Crippen LogP) is 1.87. The normalized spacial score (nSPS) is 21.3. The summed E-state index contributed by atoms with van der Waals surface area (Å²) in [5.74, 6) is 0.623. The lowest BCUT2D eigenvalue weighted by Gasteiger charge is -2.17. The second kappa shape index (κ2) is 6.16. The molecule has 3 atom stereocenters. The van der Waals surface area contributed by atoms with Crippen LogP contribution in [-0.2, 0) is 9.59 Å². The lowest BCUT2D eigenvalue weighted by Crippen LogP contribution is -2.47. The topological polar surface area (TPSA) is 67.4 Å². The van der Waals surface area contributed by atoms with E-state index in [0.717, 1.165) is 17.5 Å². The third-order valence-electron chi connectivity index (χ3n) is 3.98. The van der Waals surface area contributed by atoms with E-state index >= 15 is 0 Å². The molecule has 114 valence electrons. The number of carbonyl (C=O) groups excluding carboxylic acids is 2. The molecule has 1 saturated carbocycles. The molecule has 0 radical (unpaired) electrons. The average Bonchev–Trinajstić information content (AvgIpc) is 3.18. The monoisotopic (exact) mass is 290 g/mol. The first-order valence-electron chi connectivity index (χ1n) is 7.22. The van der Waals surface area contributed by atoms with Gasteiger partial charge in [-0.1, -0.05) is 19.1 Å². The van der Waals surface area contributed by atoms with Crippen molar-refractivity contribution in [3.63, 3.8) is 0 Å². The van der Waals surface area contributed by atoms with Gasteiger partial charge < -0.3 is 4.74 Å². The van der Waals surface area contributed by atoms with E-state index in [9.17, 15) is 9.59 Å². The summed E-state index contributed by atoms with van der Waals surface area (Å²) < 4.78 is 5.65. The maximum atomic E-state index is 11.9. The molecule has 1 aliphatic carbocycles. The highest BCUT2D eigenvalue weighted by Crippen LogP contribution is 2.37. The van der Waals surface area contributed by atoms with E-state index in [0.29, 0.717) is 11.7 Å². The predicted molar refractivity (Wildman–Crippen MR) is 79.6 cm³/mol. The molecular formula is C16H22N2O3. The number of benzene rings is 1. The van der Waals surface area contributed by atoms with Crippen LogP contribution in [0.25, 0.3) is 0 Å². The van der Waals surface area contributed by atoms with Crippen molar-refractivity contribution in [3.8, 4) is 5.75 Å². The number of nitrogens with one attached hydrogen (secondary N) is 2. The summed E-state index contributed by atoms with van der Waals surface area (Å²) in [4.78, 5) is 23.6. The van der Waals surface area contributed by atoms with Crippen molar-refractivity contribution in [1.82, 2.24) is 10.9 Å². The molecule has 1 aromatic rings. The molecule has 0 saturated heterocycles. The Kier molecular flexibility index (Phi) is 4.50. The fourth-order valence-corrected chi connectivity index (χ4v) is 2.10. The van der Waals surface area contributed by atoms with Crippen molar-refractivity contribution in [3.05, 3.63) is 29.3 Å². The summed E-state index contributed by atoms with van der Waals surface area (Å²) in [6.07, 6.45) is 0.207. The minimum atomic E-state index is -0.678. The zero-order chi connectivity index (χ0) is 15.6. The van der Waals surface area contributed by atoms with Gasteiger partial charge in [0.15, 0.2) is 6.10 Å². The number of hydrogen-bond donors (Lipinski definition) is 2. The molecule has 1 aliphatic rings. The van der Waals surface area contributed by atoms with Crippen LogP contribution < -0.4 is 15.6 Å². The standard InChI is InChI=1S/C16H22N2O3/c1-9-6-5-7-14(11(9)3)21-12(4)15(19)17-18-16(20)13-8-10(13)2/h5-7,10,12-13H,8H2,1-4H3,(H,17,19)(H,18,20). The summed E-state index contributed by atoms with van der Waals surface area (Å²) in [6.45, 7) is 7.61. The van der Waals surface area contributed by atoms with Gasteiger partial charge in [0.25, 0.3) is 5.91 Å². The van der Waals surface area contributed by atoms with Crippen LogP contribution in [0.3, 0.4) is 0 Å². The quantitative estimate of drug-likeness (QED) is 0.832. The van der Waals surface area contributed by atoms with Crippen LogP contribution in [-0.4, -0.2) is 17.9 Å². The van der Waals surface area contributed by atoms with Crippen LogP contribution in [0, 0.1) is 25.7 Å². The number of hydrazine groups is 1. The third kappa shape index (κ3) is 3.74. The Labute approximate surface area is 125 Å². The Hall–Kier alpha value is -2.04. The van der Waals surface area contributed by atoms with Gasteiger partial charge in [-0.25, -0.2) is 0 Å². The molecule has 3 unspecified atom stereocenters. The Bertz CT molecular complexity index is 556. The van der Waals surface area contributed by atoms with E-state index in [-0.39, 0.29) is 17.7 Å². The molecule has 0 aliphatic heterocycles. The Morgan fingerprint density at radius 2 is 1.95 bits per heavy atom. The lowest BCUT2D eigenvalue weighted by atomic mass is 10.1. The van der Waals surface area contributed by atoms with Crippen LogP contribution in [0.5, 0.6) is 5.75 Å². The maximum Gasteiger partial charge on any atom is 0.279 e. The molecule has 0 aromatic heterocycles. The largest absolute Gasteiger partial charge is 0.481 e. The first-order chi connectivity index (χ1) is 9.90. The first kappa shape index (κ1) is 15.4. The highest BCUT2D eigenvalue weighted by Gasteiger charge is 2.39. The van der Waals surface area contributed by atoms with Gasteiger partial charge in [0, 0.05) is 5.92 Å². The number of ether oxygens (including phenoxy) is 1. The SMILES string of the molecule is Cc1cccc(OC(C)C(=O)NNC(=O)C2CC2C)c1C. The molecule has 21 heavy (non-hydrogen) atoms. The van der Waals surface area contributed by atoms with E-state index in [1.807, 2.05) is 39.0 Å². The van der Waals surface area contributed by atoms with Crippen molar-refractivity contribution in [2.75, 3.05) is 0 Å². The Morgan fingerprint density at radius 3 is 2.57 bits per heavy atom. The van der Waals surface area contributed by atoms with Crippen molar-refractivity contribution in [2.24, 2.45) is 11.8 Å². The van der Waals surface area contributed by atoms with Crippen molar-refractivity contribution >= 4 is 11.8 Å². The molecule has 1 fully saturated rings. The summed E-state index contributed by atoms with van der Waals surface area (Å²) in [6, 6.07) is 5.71. The lowest BCUT2D eigenvalue weighted by molar-refractivity contribution is -0.133. The molecule has 0 heterocycles. The van der Waals surface area contributed by atoms with Crippen LogP contribution in [0.4, 0.5) is 0 Å². The Balaban J connectivity index is 1.85. The van der Waals surface area contributed by atoms with E-state index < -0.39 is 6.10 Å². The molecule has 0 bridgehead atoms. The minimum absolute atomic E-state index is 0.0283. The summed E-state index contributed by atoms with van der Waals surface area (Å²) in [7, 11) is 0. The van der Waals surface area contributed by atoms with Gasteiger partial charge in [-0.2, -0.15) is 0 Å². The summed E-state index contributed by atoms with van der Waals surface area (Å²) in [5.41, 5.74) is 6.98. The van der Waals surface area contributed by atoms with Crippen LogP contribution in [0.1, 0.15) is 31.4 Å². The van der Waals surface area contributed by atoms with Crippen molar-refractivity contribution < 1.29 is 14.3 Å². The Morgan fingerprint density at radius 1 is 1.29 bits per heavy atom. The maximum absolute atomic E-state index is 11.9. The van der Waals surface area contributed by atoms with Gasteiger partial charge in [0.1, 0.15) is 5.75 Å². The molecule has 5 nitrogen and oxygen atoms in total. The smallest absolute Gasteiger partial charge is 0.279 e. The highest BCUT2D eigenvalue weighted by molar-refractivity contribution is 5.86. The molecule has 5 heteroatoms. The fourth-order valence-electron chi connectivity index (χ4n) is 2.10. The first-order valence-corrected chi connectivity index (χ1v) is 7.22. The number of amides is 2. The summed E-state index contributed by atoms with van der Waals surface area (Å²) in [5, 5.41) is 0. The van der Waals surface area contributed by atoms with Gasteiger partial charge in [-0.3, -0.25) is 20.4 Å². The van der Waals surface area contributed by atoms with E-state index in [4.69, 9.17) is 4.74 Å². The van der Waals surface area contributed by atoms with E-state index in [1.54, 1.807) is 6.92 Å². The zero-order valence-electron chi connectivity index (χ0n) is 12.9. The number of hydrogen-bond acceptors (Lipinski definition) is 3. The van der Waals surface area contributed by atoms with Gasteiger partial charge >= 0.3 is 0 Å². The second-order valence-corrected chi connectivity index (χ2v) is 5.76. The number of carbonyl (C=O) groups is 2. The number of aryl methyl sites for hydroxylation is 1. The molecule has 2 amide bonds. The van der Waals surface area contributed by atoms with Crippen molar-refractivity contribution in [2.45, 2.75) is 40.2 Å². The number of rotatable bonds is 4. The average molecular weight is 290 g/mol. The highest BCUT2D eigenvalue weighted by atomic mass is 16.5.